The highest BCUT2D eigenvalue weighted by atomic mass is 32.2. The number of amides is 1. The first kappa shape index (κ1) is 21.8. The molecule has 0 aliphatic carbocycles. The SMILES string of the molecule is Cc1ccc2c(c1)CCCN2C(=O)c1cc(S(=O)(=O)N(C)C)ccc1N1CCOCC1. The van der Waals surface area contributed by atoms with Gasteiger partial charge in [-0.3, -0.25) is 4.79 Å². The van der Waals surface area contributed by atoms with E-state index in [2.05, 4.69) is 11.0 Å². The lowest BCUT2D eigenvalue weighted by atomic mass is 9.98. The highest BCUT2D eigenvalue weighted by Crippen LogP contribution is 2.33. The van der Waals surface area contributed by atoms with Crippen LogP contribution in [0.25, 0.3) is 0 Å². The number of carbonyl (C=O) groups is 1. The van der Waals surface area contributed by atoms with E-state index in [1.807, 2.05) is 19.1 Å². The van der Waals surface area contributed by atoms with Crippen molar-refractivity contribution in [2.24, 2.45) is 0 Å². The van der Waals surface area contributed by atoms with Crippen LogP contribution in [0.15, 0.2) is 41.3 Å². The minimum Gasteiger partial charge on any atom is -0.378 e. The molecule has 1 fully saturated rings. The molecule has 0 atom stereocenters. The summed E-state index contributed by atoms with van der Waals surface area (Å²) in [6.45, 7) is 5.15. The predicted molar refractivity (Wildman–Crippen MR) is 122 cm³/mol. The van der Waals surface area contributed by atoms with Crippen LogP contribution in [0.4, 0.5) is 11.4 Å². The fraction of sp³-hybridized carbons (Fsp3) is 0.435. The van der Waals surface area contributed by atoms with Crippen molar-refractivity contribution >= 4 is 27.3 Å². The summed E-state index contributed by atoms with van der Waals surface area (Å²) in [6, 6.07) is 11.0. The van der Waals surface area contributed by atoms with Gasteiger partial charge in [0, 0.05) is 45.1 Å². The van der Waals surface area contributed by atoms with Crippen molar-refractivity contribution in [1.82, 2.24) is 4.31 Å². The van der Waals surface area contributed by atoms with E-state index in [9.17, 15) is 13.2 Å². The Labute approximate surface area is 184 Å². The summed E-state index contributed by atoms with van der Waals surface area (Å²) in [4.78, 5) is 17.8. The number of rotatable bonds is 4. The van der Waals surface area contributed by atoms with E-state index in [0.29, 0.717) is 38.4 Å². The molecule has 0 aromatic heterocycles. The molecule has 8 heteroatoms. The zero-order valence-electron chi connectivity index (χ0n) is 18.3. The molecule has 1 saturated heterocycles. The lowest BCUT2D eigenvalue weighted by molar-refractivity contribution is 0.0983. The van der Waals surface area contributed by atoms with Crippen LogP contribution in [-0.4, -0.2) is 65.6 Å². The lowest BCUT2D eigenvalue weighted by Crippen LogP contribution is -2.40. The molecule has 0 spiro atoms. The monoisotopic (exact) mass is 443 g/mol. The molecule has 2 aliphatic heterocycles. The van der Waals surface area contributed by atoms with Crippen LogP contribution in [-0.2, 0) is 21.2 Å². The van der Waals surface area contributed by atoms with E-state index in [4.69, 9.17) is 4.74 Å². The van der Waals surface area contributed by atoms with Crippen molar-refractivity contribution in [3.05, 3.63) is 53.1 Å². The number of nitrogens with zero attached hydrogens (tertiary/aromatic N) is 3. The minimum absolute atomic E-state index is 0.124. The normalized spacial score (nSPS) is 17.0. The van der Waals surface area contributed by atoms with Gasteiger partial charge < -0.3 is 14.5 Å². The van der Waals surface area contributed by atoms with Crippen molar-refractivity contribution in [2.45, 2.75) is 24.7 Å². The first-order valence-corrected chi connectivity index (χ1v) is 12.0. The van der Waals surface area contributed by atoms with Crippen molar-refractivity contribution in [2.75, 3.05) is 56.7 Å². The molecule has 0 radical (unpaired) electrons. The summed E-state index contributed by atoms with van der Waals surface area (Å²) >= 11 is 0. The molecule has 2 aromatic rings. The number of sulfonamides is 1. The fourth-order valence-electron chi connectivity index (χ4n) is 4.22. The Morgan fingerprint density at radius 1 is 1.00 bits per heavy atom. The summed E-state index contributed by atoms with van der Waals surface area (Å²) in [6.07, 6.45) is 1.82. The number of aryl methyl sites for hydroxylation is 2. The average molecular weight is 444 g/mol. The smallest absolute Gasteiger partial charge is 0.260 e. The molecule has 2 heterocycles. The molecule has 1 amide bonds. The van der Waals surface area contributed by atoms with Crippen molar-refractivity contribution in [1.29, 1.82) is 0 Å². The van der Waals surface area contributed by atoms with Crippen LogP contribution >= 0.6 is 0 Å². The van der Waals surface area contributed by atoms with Gasteiger partial charge in [-0.1, -0.05) is 17.7 Å². The van der Waals surface area contributed by atoms with Crippen molar-refractivity contribution in [3.63, 3.8) is 0 Å². The first-order valence-electron chi connectivity index (χ1n) is 10.6. The Morgan fingerprint density at radius 3 is 2.42 bits per heavy atom. The Kier molecular flexibility index (Phi) is 6.05. The van der Waals surface area contributed by atoms with Crippen LogP contribution < -0.4 is 9.80 Å². The molecule has 166 valence electrons. The third-order valence-corrected chi connectivity index (χ3v) is 7.74. The van der Waals surface area contributed by atoms with Crippen LogP contribution in [0.1, 0.15) is 27.9 Å². The minimum atomic E-state index is -3.66. The van der Waals surface area contributed by atoms with Gasteiger partial charge in [0.05, 0.1) is 23.7 Å². The van der Waals surface area contributed by atoms with Crippen molar-refractivity contribution in [3.8, 4) is 0 Å². The standard InChI is InChI=1S/C23H29N3O4S/c1-17-6-8-21-18(15-17)5-4-10-26(21)23(27)20-16-19(31(28,29)24(2)3)7-9-22(20)25-11-13-30-14-12-25/h6-9,15-16H,4-5,10-14H2,1-3H3. The number of anilines is 2. The van der Waals surface area contributed by atoms with Crippen LogP contribution in [0.2, 0.25) is 0 Å². The molecule has 4 rings (SSSR count). The number of carbonyl (C=O) groups excluding carboxylic acids is 1. The number of hydrogen-bond donors (Lipinski definition) is 0. The molecule has 2 aliphatic rings. The number of ether oxygens (including phenoxy) is 1. The molecule has 0 N–H and O–H groups in total. The maximum Gasteiger partial charge on any atom is 0.260 e. The summed E-state index contributed by atoms with van der Waals surface area (Å²) < 4.78 is 32.2. The van der Waals surface area contributed by atoms with Gasteiger partial charge in [-0.25, -0.2) is 12.7 Å². The second-order valence-electron chi connectivity index (χ2n) is 8.26. The van der Waals surface area contributed by atoms with E-state index < -0.39 is 10.0 Å². The summed E-state index contributed by atoms with van der Waals surface area (Å²) in [5, 5.41) is 0. The van der Waals surface area contributed by atoms with Gasteiger partial charge >= 0.3 is 0 Å². The van der Waals surface area contributed by atoms with Gasteiger partial charge in [0.1, 0.15) is 0 Å². The zero-order valence-corrected chi connectivity index (χ0v) is 19.1. The molecule has 31 heavy (non-hydrogen) atoms. The average Bonchev–Trinajstić information content (AvgIpc) is 2.78. The molecular weight excluding hydrogens is 414 g/mol. The van der Waals surface area contributed by atoms with E-state index >= 15 is 0 Å². The zero-order chi connectivity index (χ0) is 22.2. The van der Waals surface area contributed by atoms with Gasteiger partial charge in [0.25, 0.3) is 5.91 Å². The molecular formula is C23H29N3O4S. The Bertz CT molecular complexity index is 1090. The third kappa shape index (κ3) is 4.20. The van der Waals surface area contributed by atoms with Crippen LogP contribution in [0.3, 0.4) is 0 Å². The number of morpholine rings is 1. The quantitative estimate of drug-likeness (QED) is 0.727. The van der Waals surface area contributed by atoms with Gasteiger partial charge in [-0.2, -0.15) is 0 Å². The maximum absolute atomic E-state index is 13.8. The molecule has 0 unspecified atom stereocenters. The largest absolute Gasteiger partial charge is 0.378 e. The maximum atomic E-state index is 13.8. The fourth-order valence-corrected chi connectivity index (χ4v) is 5.15. The summed E-state index contributed by atoms with van der Waals surface area (Å²) in [7, 11) is -0.666. The van der Waals surface area contributed by atoms with Gasteiger partial charge in [-0.05, 0) is 49.6 Å². The number of hydrogen-bond acceptors (Lipinski definition) is 5. The topological polar surface area (TPSA) is 70.2 Å². The Balaban J connectivity index is 1.81. The number of fused-ring (bicyclic) bond motifs is 1. The lowest BCUT2D eigenvalue weighted by Gasteiger charge is -2.34. The number of benzene rings is 2. The van der Waals surface area contributed by atoms with Gasteiger partial charge in [0.15, 0.2) is 0 Å². The van der Waals surface area contributed by atoms with Crippen LogP contribution in [0, 0.1) is 6.92 Å². The van der Waals surface area contributed by atoms with E-state index in [1.165, 1.54) is 30.0 Å². The Hall–Kier alpha value is -2.42. The molecule has 2 aromatic carbocycles. The summed E-state index contributed by atoms with van der Waals surface area (Å²) in [5.41, 5.74) is 4.41. The highest BCUT2D eigenvalue weighted by molar-refractivity contribution is 7.89. The predicted octanol–water partition coefficient (Wildman–Crippen LogP) is 2.67. The van der Waals surface area contributed by atoms with Gasteiger partial charge in [0.2, 0.25) is 10.0 Å². The van der Waals surface area contributed by atoms with Crippen LogP contribution in [0.5, 0.6) is 0 Å². The second kappa shape index (κ2) is 8.61. The first-order chi connectivity index (χ1) is 14.8. The van der Waals surface area contributed by atoms with E-state index in [1.54, 1.807) is 17.0 Å². The molecule has 0 saturated carbocycles. The third-order valence-electron chi connectivity index (χ3n) is 5.93. The highest BCUT2D eigenvalue weighted by Gasteiger charge is 2.29. The van der Waals surface area contributed by atoms with Crippen molar-refractivity contribution < 1.29 is 17.9 Å². The second-order valence-corrected chi connectivity index (χ2v) is 10.4. The summed E-state index contributed by atoms with van der Waals surface area (Å²) in [5.74, 6) is -0.165. The Morgan fingerprint density at radius 2 is 1.71 bits per heavy atom. The van der Waals surface area contributed by atoms with Gasteiger partial charge in [-0.15, -0.1) is 0 Å². The van der Waals surface area contributed by atoms with E-state index in [0.717, 1.165) is 29.8 Å². The molecule has 0 bridgehead atoms. The van der Waals surface area contributed by atoms with E-state index in [-0.39, 0.29) is 10.8 Å². The molecule has 7 nitrogen and oxygen atoms in total.